The first-order valence-electron chi connectivity index (χ1n) is 3.25. The number of halogens is 2. The van der Waals surface area contributed by atoms with E-state index in [1.54, 1.807) is 21.1 Å². The molecule has 0 spiro atoms. The van der Waals surface area contributed by atoms with Gasteiger partial charge >= 0.3 is 0 Å². The highest BCUT2D eigenvalue weighted by molar-refractivity contribution is 5.79. The molecule has 0 fully saturated rings. The molecule has 0 bridgehead atoms. The van der Waals surface area contributed by atoms with Gasteiger partial charge in [-0.3, -0.25) is 4.99 Å². The number of aliphatic imine (C=N–C) groups is 1. The van der Waals surface area contributed by atoms with Crippen molar-refractivity contribution in [1.29, 1.82) is 0 Å². The Morgan fingerprint density at radius 2 is 2.18 bits per heavy atom. The molecule has 0 rings (SSSR count). The molecule has 0 atom stereocenters. The summed E-state index contributed by atoms with van der Waals surface area (Å²) < 4.78 is 23.6. The Balaban J connectivity index is 3.90. The first-order valence-corrected chi connectivity index (χ1v) is 3.25. The lowest BCUT2D eigenvalue weighted by Crippen LogP contribution is -2.39. The maximum Gasteiger partial charge on any atom is 0.255 e. The minimum absolute atomic E-state index is 0.298. The van der Waals surface area contributed by atoms with Crippen LogP contribution in [-0.2, 0) is 0 Å². The minimum Gasteiger partial charge on any atom is -0.359 e. The van der Waals surface area contributed by atoms with Crippen molar-refractivity contribution in [3.63, 3.8) is 0 Å². The standard InChI is InChI=1S/C6H13F2N3/c1-9-6(10-2)11(3)4-5(7)8/h5H,4H2,1-3H3,(H,9,10). The Morgan fingerprint density at radius 1 is 1.64 bits per heavy atom. The highest BCUT2D eigenvalue weighted by Gasteiger charge is 2.09. The molecule has 1 N–H and O–H groups in total. The van der Waals surface area contributed by atoms with Gasteiger partial charge in [0, 0.05) is 21.1 Å². The van der Waals surface area contributed by atoms with Crippen LogP contribution in [0.2, 0.25) is 0 Å². The molecule has 0 saturated heterocycles. The van der Waals surface area contributed by atoms with Gasteiger partial charge in [-0.05, 0) is 0 Å². The van der Waals surface area contributed by atoms with Crippen LogP contribution in [0.5, 0.6) is 0 Å². The predicted octanol–water partition coefficient (Wildman–Crippen LogP) is 0.388. The lowest BCUT2D eigenvalue weighted by atomic mass is 10.6. The largest absolute Gasteiger partial charge is 0.359 e. The average molecular weight is 165 g/mol. The van der Waals surface area contributed by atoms with E-state index in [0.717, 1.165) is 0 Å². The normalized spacial score (nSPS) is 12.0. The molecule has 11 heavy (non-hydrogen) atoms. The lowest BCUT2D eigenvalue weighted by Gasteiger charge is -2.19. The molecule has 0 amide bonds. The molecule has 0 heterocycles. The van der Waals surface area contributed by atoms with E-state index in [-0.39, 0.29) is 6.54 Å². The predicted molar refractivity (Wildman–Crippen MR) is 41.1 cm³/mol. The molecular formula is C6H13F2N3. The molecule has 0 aromatic rings. The molecule has 0 unspecified atom stereocenters. The third-order valence-corrected chi connectivity index (χ3v) is 1.21. The summed E-state index contributed by atoms with van der Waals surface area (Å²) >= 11 is 0. The number of nitrogens with one attached hydrogen (secondary N) is 1. The Bertz CT molecular complexity index is 136. The lowest BCUT2D eigenvalue weighted by molar-refractivity contribution is 0.122. The van der Waals surface area contributed by atoms with Gasteiger partial charge in [-0.2, -0.15) is 0 Å². The van der Waals surface area contributed by atoms with Crippen molar-refractivity contribution >= 4 is 5.96 Å². The summed E-state index contributed by atoms with van der Waals surface area (Å²) in [5.74, 6) is 0.463. The van der Waals surface area contributed by atoms with Crippen molar-refractivity contribution in [3.8, 4) is 0 Å². The number of rotatable bonds is 2. The van der Waals surface area contributed by atoms with Crippen LogP contribution in [0.25, 0.3) is 0 Å². The zero-order valence-corrected chi connectivity index (χ0v) is 6.93. The maximum atomic E-state index is 11.8. The molecule has 0 aliphatic carbocycles. The third kappa shape index (κ3) is 3.75. The second-order valence-electron chi connectivity index (χ2n) is 2.07. The van der Waals surface area contributed by atoms with Gasteiger partial charge in [-0.15, -0.1) is 0 Å². The number of hydrogen-bond donors (Lipinski definition) is 1. The maximum absolute atomic E-state index is 11.8. The quantitative estimate of drug-likeness (QED) is 0.473. The summed E-state index contributed by atoms with van der Waals surface area (Å²) in [4.78, 5) is 5.12. The molecule has 0 aromatic carbocycles. The summed E-state index contributed by atoms with van der Waals surface area (Å²) in [7, 11) is 4.75. The van der Waals surface area contributed by atoms with Gasteiger partial charge in [0.2, 0.25) is 0 Å². The van der Waals surface area contributed by atoms with E-state index in [1.165, 1.54) is 4.90 Å². The van der Waals surface area contributed by atoms with E-state index in [4.69, 9.17) is 0 Å². The van der Waals surface area contributed by atoms with Gasteiger partial charge in [0.15, 0.2) is 5.96 Å². The number of alkyl halides is 2. The van der Waals surface area contributed by atoms with Crippen LogP contribution in [0, 0.1) is 0 Å². The smallest absolute Gasteiger partial charge is 0.255 e. The van der Waals surface area contributed by atoms with Crippen molar-refractivity contribution in [2.75, 3.05) is 27.7 Å². The second-order valence-corrected chi connectivity index (χ2v) is 2.07. The van der Waals surface area contributed by atoms with Crippen LogP contribution in [0.4, 0.5) is 8.78 Å². The van der Waals surface area contributed by atoms with E-state index < -0.39 is 6.43 Å². The first-order chi connectivity index (χ1) is 5.11. The van der Waals surface area contributed by atoms with Crippen molar-refractivity contribution in [2.45, 2.75) is 6.43 Å². The zero-order chi connectivity index (χ0) is 8.85. The van der Waals surface area contributed by atoms with Crippen LogP contribution in [0.15, 0.2) is 4.99 Å². The van der Waals surface area contributed by atoms with Crippen molar-refractivity contribution in [3.05, 3.63) is 0 Å². The number of hydrogen-bond acceptors (Lipinski definition) is 1. The molecule has 0 saturated carbocycles. The zero-order valence-electron chi connectivity index (χ0n) is 6.93. The molecule has 0 aliphatic heterocycles. The van der Waals surface area contributed by atoms with Gasteiger partial charge in [0.05, 0.1) is 6.54 Å². The number of guanidine groups is 1. The molecule has 0 aromatic heterocycles. The van der Waals surface area contributed by atoms with Crippen molar-refractivity contribution < 1.29 is 8.78 Å². The highest BCUT2D eigenvalue weighted by atomic mass is 19.3. The molecule has 5 heteroatoms. The van der Waals surface area contributed by atoms with Crippen molar-refractivity contribution in [2.24, 2.45) is 4.99 Å². The van der Waals surface area contributed by atoms with Gasteiger partial charge in [0.1, 0.15) is 0 Å². The fourth-order valence-corrected chi connectivity index (χ4v) is 0.767. The monoisotopic (exact) mass is 165 g/mol. The summed E-state index contributed by atoms with van der Waals surface area (Å²) in [5, 5.41) is 2.70. The Kier molecular flexibility index (Phi) is 4.49. The van der Waals surface area contributed by atoms with Gasteiger partial charge < -0.3 is 10.2 Å². The minimum atomic E-state index is -2.33. The highest BCUT2D eigenvalue weighted by Crippen LogP contribution is 1.95. The van der Waals surface area contributed by atoms with E-state index >= 15 is 0 Å². The summed E-state index contributed by atoms with van der Waals surface area (Å²) in [5.41, 5.74) is 0. The van der Waals surface area contributed by atoms with Gasteiger partial charge in [-0.25, -0.2) is 8.78 Å². The summed E-state index contributed by atoms with van der Waals surface area (Å²) in [6.07, 6.45) is -2.33. The topological polar surface area (TPSA) is 27.6 Å². The van der Waals surface area contributed by atoms with Gasteiger partial charge in [0.25, 0.3) is 6.43 Å². The molecular weight excluding hydrogens is 152 g/mol. The molecule has 66 valence electrons. The van der Waals surface area contributed by atoms with E-state index in [1.807, 2.05) is 0 Å². The summed E-state index contributed by atoms with van der Waals surface area (Å²) in [6, 6.07) is 0. The third-order valence-electron chi connectivity index (χ3n) is 1.21. The van der Waals surface area contributed by atoms with E-state index in [9.17, 15) is 8.78 Å². The fourth-order valence-electron chi connectivity index (χ4n) is 0.767. The summed E-state index contributed by atoms with van der Waals surface area (Å²) in [6.45, 7) is -0.298. The molecule has 3 nitrogen and oxygen atoms in total. The Hall–Kier alpha value is -0.870. The molecule has 0 aliphatic rings. The molecule has 0 radical (unpaired) electrons. The van der Waals surface area contributed by atoms with Crippen LogP contribution in [-0.4, -0.2) is 45.0 Å². The fraction of sp³-hybridized carbons (Fsp3) is 0.833. The van der Waals surface area contributed by atoms with Crippen molar-refractivity contribution in [1.82, 2.24) is 10.2 Å². The van der Waals surface area contributed by atoms with E-state index in [2.05, 4.69) is 10.3 Å². The SMILES string of the molecule is CN=C(NC)N(C)CC(F)F. The number of nitrogens with zero attached hydrogens (tertiary/aromatic N) is 2. The van der Waals surface area contributed by atoms with E-state index in [0.29, 0.717) is 5.96 Å². The first kappa shape index (κ1) is 10.1. The van der Waals surface area contributed by atoms with Crippen LogP contribution < -0.4 is 5.32 Å². The van der Waals surface area contributed by atoms with Gasteiger partial charge in [-0.1, -0.05) is 0 Å². The Morgan fingerprint density at radius 3 is 2.45 bits per heavy atom. The van der Waals surface area contributed by atoms with Crippen LogP contribution in [0.1, 0.15) is 0 Å². The van der Waals surface area contributed by atoms with Crippen LogP contribution in [0.3, 0.4) is 0 Å². The average Bonchev–Trinajstić information content (AvgIpc) is 1.88. The second kappa shape index (κ2) is 4.87. The Labute approximate surface area is 65.1 Å². The van der Waals surface area contributed by atoms with Crippen LogP contribution >= 0.6 is 0 Å².